The number of aromatic nitrogens is 1. The van der Waals surface area contributed by atoms with Gasteiger partial charge in [0.15, 0.2) is 0 Å². The van der Waals surface area contributed by atoms with E-state index in [2.05, 4.69) is 4.98 Å². The largest absolute Gasteiger partial charge is 0.369 e. The van der Waals surface area contributed by atoms with Gasteiger partial charge >= 0.3 is 0 Å². The van der Waals surface area contributed by atoms with E-state index < -0.39 is 0 Å². The Bertz CT molecular complexity index is 528. The Morgan fingerprint density at radius 3 is 2.88 bits per heavy atom. The number of amides is 1. The van der Waals surface area contributed by atoms with E-state index >= 15 is 0 Å². The number of benzene rings is 1. The third-order valence-corrected chi connectivity index (χ3v) is 2.65. The molecule has 0 bridgehead atoms. The zero-order chi connectivity index (χ0) is 11.7. The van der Waals surface area contributed by atoms with Crippen molar-refractivity contribution in [1.29, 1.82) is 0 Å². The fourth-order valence-electron chi connectivity index (χ4n) is 1.88. The number of nitrogens with one attached hydrogen (secondary N) is 1. The topological polar surface area (TPSA) is 84.9 Å². The highest BCUT2D eigenvalue weighted by atomic mass is 16.1. The summed E-state index contributed by atoms with van der Waals surface area (Å²) in [5.74, 6) is -0.322. The molecule has 0 fully saturated rings. The minimum atomic E-state index is -0.322. The van der Waals surface area contributed by atoms with Gasteiger partial charge in [0.05, 0.1) is 6.42 Å². The van der Waals surface area contributed by atoms with E-state index in [1.54, 1.807) is 0 Å². The first kappa shape index (κ1) is 10.7. The van der Waals surface area contributed by atoms with E-state index in [0.717, 1.165) is 22.0 Å². The highest BCUT2D eigenvalue weighted by Gasteiger charge is 2.08. The average Bonchev–Trinajstić information content (AvgIpc) is 2.59. The van der Waals surface area contributed by atoms with Crippen LogP contribution in [0.2, 0.25) is 0 Å². The van der Waals surface area contributed by atoms with Gasteiger partial charge in [-0.3, -0.25) is 4.79 Å². The number of aromatic amines is 1. The lowest BCUT2D eigenvalue weighted by Gasteiger charge is -2.04. The summed E-state index contributed by atoms with van der Waals surface area (Å²) in [7, 11) is 0. The highest BCUT2D eigenvalue weighted by molar-refractivity contribution is 5.86. The van der Waals surface area contributed by atoms with E-state index in [0.29, 0.717) is 0 Å². The maximum absolute atomic E-state index is 10.9. The molecule has 1 unspecified atom stereocenters. The Kier molecular flexibility index (Phi) is 2.66. The molecular formula is C12H15N3O. The Morgan fingerprint density at radius 2 is 2.25 bits per heavy atom. The molecule has 4 heteroatoms. The molecule has 0 aliphatic rings. The molecule has 0 radical (unpaired) electrons. The van der Waals surface area contributed by atoms with Crippen molar-refractivity contribution in [3.8, 4) is 0 Å². The van der Waals surface area contributed by atoms with Gasteiger partial charge in [-0.2, -0.15) is 0 Å². The van der Waals surface area contributed by atoms with Gasteiger partial charge in [0.1, 0.15) is 0 Å². The Morgan fingerprint density at radius 1 is 1.50 bits per heavy atom. The van der Waals surface area contributed by atoms with Crippen LogP contribution in [-0.2, 0) is 11.2 Å². The fourth-order valence-corrected chi connectivity index (χ4v) is 1.88. The summed E-state index contributed by atoms with van der Waals surface area (Å²) >= 11 is 0. The van der Waals surface area contributed by atoms with Gasteiger partial charge in [-0.1, -0.05) is 6.07 Å². The van der Waals surface area contributed by atoms with Crippen LogP contribution >= 0.6 is 0 Å². The lowest BCUT2D eigenvalue weighted by molar-refractivity contribution is -0.117. The Labute approximate surface area is 93.6 Å². The van der Waals surface area contributed by atoms with Crippen LogP contribution in [0.1, 0.15) is 24.1 Å². The van der Waals surface area contributed by atoms with E-state index in [1.807, 2.05) is 31.3 Å². The van der Waals surface area contributed by atoms with Gasteiger partial charge in [-0.15, -0.1) is 0 Å². The van der Waals surface area contributed by atoms with E-state index in [-0.39, 0.29) is 18.4 Å². The molecular weight excluding hydrogens is 202 g/mol. The van der Waals surface area contributed by atoms with Crippen molar-refractivity contribution in [2.75, 3.05) is 0 Å². The normalized spacial score (nSPS) is 12.9. The third kappa shape index (κ3) is 1.92. The van der Waals surface area contributed by atoms with Crippen LogP contribution in [0.5, 0.6) is 0 Å². The third-order valence-electron chi connectivity index (χ3n) is 2.65. The number of primary amides is 1. The molecule has 1 aromatic heterocycles. The Balaban J connectivity index is 2.50. The van der Waals surface area contributed by atoms with Gasteiger partial charge < -0.3 is 16.5 Å². The van der Waals surface area contributed by atoms with Gasteiger partial charge in [-0.25, -0.2) is 0 Å². The van der Waals surface area contributed by atoms with Crippen molar-refractivity contribution in [2.24, 2.45) is 11.5 Å². The van der Waals surface area contributed by atoms with Crippen molar-refractivity contribution in [3.05, 3.63) is 35.5 Å². The molecule has 1 atom stereocenters. The zero-order valence-electron chi connectivity index (χ0n) is 9.16. The molecule has 0 saturated carbocycles. The first-order valence-electron chi connectivity index (χ1n) is 5.21. The lowest BCUT2D eigenvalue weighted by Crippen LogP contribution is -2.13. The van der Waals surface area contributed by atoms with Gasteiger partial charge in [0.2, 0.25) is 5.91 Å². The fraction of sp³-hybridized carbons (Fsp3) is 0.250. The predicted octanol–water partition coefficient (Wildman–Crippen LogP) is 1.22. The summed E-state index contributed by atoms with van der Waals surface area (Å²) in [6, 6.07) is 5.78. The first-order valence-corrected chi connectivity index (χ1v) is 5.21. The summed E-state index contributed by atoms with van der Waals surface area (Å²) in [5.41, 5.74) is 14.0. The summed E-state index contributed by atoms with van der Waals surface area (Å²) in [6.45, 7) is 1.93. The SMILES string of the molecule is CC(N)c1c[nH]c2ccc(CC(N)=O)cc12. The van der Waals surface area contributed by atoms with Gasteiger partial charge in [0, 0.05) is 23.1 Å². The first-order chi connectivity index (χ1) is 7.58. The molecule has 0 saturated heterocycles. The van der Waals surface area contributed by atoms with Crippen LogP contribution in [0, 0.1) is 0 Å². The second-order valence-corrected chi connectivity index (χ2v) is 4.06. The monoisotopic (exact) mass is 217 g/mol. The van der Waals surface area contributed by atoms with Gasteiger partial charge in [-0.05, 0) is 30.2 Å². The molecule has 2 rings (SSSR count). The number of rotatable bonds is 3. The van der Waals surface area contributed by atoms with Crippen LogP contribution in [0.15, 0.2) is 24.4 Å². The van der Waals surface area contributed by atoms with E-state index in [4.69, 9.17) is 11.5 Å². The zero-order valence-corrected chi connectivity index (χ0v) is 9.16. The molecule has 16 heavy (non-hydrogen) atoms. The van der Waals surface area contributed by atoms with E-state index in [1.165, 1.54) is 0 Å². The second-order valence-electron chi connectivity index (χ2n) is 4.06. The highest BCUT2D eigenvalue weighted by Crippen LogP contribution is 2.23. The molecule has 1 amide bonds. The number of nitrogens with two attached hydrogens (primary N) is 2. The van der Waals surface area contributed by atoms with Crippen LogP contribution in [0.4, 0.5) is 0 Å². The number of carbonyl (C=O) groups is 1. The summed E-state index contributed by atoms with van der Waals surface area (Å²) in [4.78, 5) is 14.0. The second kappa shape index (κ2) is 3.98. The smallest absolute Gasteiger partial charge is 0.221 e. The van der Waals surface area contributed by atoms with E-state index in [9.17, 15) is 4.79 Å². The molecule has 1 aromatic carbocycles. The molecule has 84 valence electrons. The maximum Gasteiger partial charge on any atom is 0.221 e. The number of H-pyrrole nitrogens is 1. The number of hydrogen-bond acceptors (Lipinski definition) is 2. The van der Waals surface area contributed by atoms with Crippen LogP contribution in [0.25, 0.3) is 10.9 Å². The lowest BCUT2D eigenvalue weighted by atomic mass is 10.0. The molecule has 5 N–H and O–H groups in total. The molecule has 0 spiro atoms. The van der Waals surface area contributed by atoms with Crippen LogP contribution < -0.4 is 11.5 Å². The standard InChI is InChI=1S/C12H15N3O/c1-7(13)10-6-15-11-3-2-8(4-9(10)11)5-12(14)16/h2-4,6-7,15H,5,13H2,1H3,(H2,14,16). The predicted molar refractivity (Wildman–Crippen MR) is 63.8 cm³/mol. The Hall–Kier alpha value is -1.81. The molecule has 4 nitrogen and oxygen atoms in total. The van der Waals surface area contributed by atoms with Crippen LogP contribution in [0.3, 0.4) is 0 Å². The average molecular weight is 217 g/mol. The van der Waals surface area contributed by atoms with Crippen molar-refractivity contribution >= 4 is 16.8 Å². The summed E-state index contributed by atoms with van der Waals surface area (Å²) in [5, 5.41) is 1.06. The van der Waals surface area contributed by atoms with Crippen molar-refractivity contribution < 1.29 is 4.79 Å². The maximum atomic E-state index is 10.9. The quantitative estimate of drug-likeness (QED) is 0.722. The number of carbonyl (C=O) groups excluding carboxylic acids is 1. The molecule has 0 aliphatic carbocycles. The van der Waals surface area contributed by atoms with Crippen molar-refractivity contribution in [2.45, 2.75) is 19.4 Å². The summed E-state index contributed by atoms with van der Waals surface area (Å²) < 4.78 is 0. The molecule has 1 heterocycles. The van der Waals surface area contributed by atoms with Crippen molar-refractivity contribution in [3.63, 3.8) is 0 Å². The van der Waals surface area contributed by atoms with Crippen LogP contribution in [-0.4, -0.2) is 10.9 Å². The summed E-state index contributed by atoms with van der Waals surface area (Å²) in [6.07, 6.45) is 2.17. The molecule has 2 aromatic rings. The number of fused-ring (bicyclic) bond motifs is 1. The minimum Gasteiger partial charge on any atom is -0.369 e. The van der Waals surface area contributed by atoms with Gasteiger partial charge in [0.25, 0.3) is 0 Å². The number of hydrogen-bond donors (Lipinski definition) is 3. The minimum absolute atomic E-state index is 0.0300. The van der Waals surface area contributed by atoms with Crippen molar-refractivity contribution in [1.82, 2.24) is 4.98 Å². The molecule has 0 aliphatic heterocycles.